The Labute approximate surface area is 708 Å². The Morgan fingerprint density at radius 3 is 1.22 bits per heavy atom. The molecule has 0 saturated carbocycles. The van der Waals surface area contributed by atoms with Gasteiger partial charge in [-0.2, -0.15) is 0 Å². The van der Waals surface area contributed by atoms with Crippen LogP contribution in [0.15, 0.2) is 129 Å². The molecule has 0 radical (unpaired) electrons. The van der Waals surface area contributed by atoms with Gasteiger partial charge in [0.2, 0.25) is 0 Å². The summed E-state index contributed by atoms with van der Waals surface area (Å²) in [5, 5.41) is 30.2. The molecule has 31 heteroatoms. The summed E-state index contributed by atoms with van der Waals surface area (Å²) in [5.74, 6) is -4.91. The summed E-state index contributed by atoms with van der Waals surface area (Å²) in [6, 6.07) is 25.8. The lowest BCUT2D eigenvalue weighted by Gasteiger charge is -2.34. The molecule has 6 N–H and O–H groups in total. The van der Waals surface area contributed by atoms with Crippen LogP contribution in [0, 0.1) is 20.8 Å². The maximum absolute atomic E-state index is 13.3. The molecule has 15 rings (SSSR count). The van der Waals surface area contributed by atoms with Crippen LogP contribution in [-0.2, 0) is 67.8 Å². The quantitative estimate of drug-likeness (QED) is 0.0222. The number of aromatic carboxylic acids is 2. The first-order chi connectivity index (χ1) is 58.3. The fourth-order valence-electron chi connectivity index (χ4n) is 16.7. The highest BCUT2D eigenvalue weighted by molar-refractivity contribution is 6.00. The predicted octanol–water partition coefficient (Wildman–Crippen LogP) is 9.11. The number of hydrogen-bond acceptors (Lipinski definition) is 25. The zero-order valence-electron chi connectivity index (χ0n) is 70.7. The predicted molar refractivity (Wildman–Crippen MR) is 457 cm³/mol. The normalized spacial score (nSPS) is 15.4. The second-order valence-corrected chi connectivity index (χ2v) is 33.8. The summed E-state index contributed by atoms with van der Waals surface area (Å²) in [6.45, 7) is 19.3. The van der Waals surface area contributed by atoms with Crippen LogP contribution in [0.1, 0.15) is 263 Å². The molecule has 0 fully saturated rings. The average molecular weight is 1670 g/mol. The third kappa shape index (κ3) is 18.9. The number of Topliss-reactive ketones (excluding diaryl/α,β-unsaturated/α-hetero) is 1. The van der Waals surface area contributed by atoms with Crippen molar-refractivity contribution in [3.05, 3.63) is 285 Å². The minimum atomic E-state index is -1.20. The fraction of sp³-hybridized carbons (Fsp3) is 0.359. The van der Waals surface area contributed by atoms with Gasteiger partial charge in [0.05, 0.1) is 28.8 Å². The Balaban J connectivity index is 0.000000164. The average Bonchev–Trinajstić information content (AvgIpc) is 1.22. The number of hydrogen-bond donors (Lipinski definition) is 6. The van der Waals surface area contributed by atoms with Crippen molar-refractivity contribution < 1.29 is 62.8 Å². The highest BCUT2D eigenvalue weighted by Crippen LogP contribution is 2.41. The molecule has 3 aliphatic carbocycles. The van der Waals surface area contributed by atoms with E-state index in [1.807, 2.05) is 114 Å². The van der Waals surface area contributed by atoms with E-state index < -0.39 is 68.5 Å². The lowest BCUT2D eigenvalue weighted by molar-refractivity contribution is 0.00559. The van der Waals surface area contributed by atoms with E-state index in [4.69, 9.17) is 14.6 Å². The number of ether oxygens (including phenoxy) is 2. The molecule has 3 aromatic heterocycles. The summed E-state index contributed by atoms with van der Waals surface area (Å²) < 4.78 is 11.1. The molecule has 4 amide bonds. The van der Waals surface area contributed by atoms with Crippen LogP contribution in [0.5, 0.6) is 0 Å². The van der Waals surface area contributed by atoms with Gasteiger partial charge in [0.25, 0.3) is 45.3 Å². The maximum Gasteiger partial charge on any atom is 0.354 e. The van der Waals surface area contributed by atoms with Crippen LogP contribution in [-0.4, -0.2) is 146 Å². The summed E-state index contributed by atoms with van der Waals surface area (Å²) in [5.41, 5.74) is 14.7. The van der Waals surface area contributed by atoms with Crippen molar-refractivity contribution in [2.24, 2.45) is 0 Å². The van der Waals surface area contributed by atoms with Gasteiger partial charge in [0.1, 0.15) is 81.4 Å². The van der Waals surface area contributed by atoms with E-state index in [9.17, 15) is 67.4 Å². The molecule has 636 valence electrons. The first kappa shape index (κ1) is 87.0. The largest absolute Gasteiger partial charge is 0.478 e. The molecule has 31 nitrogen and oxygen atoms in total. The summed E-state index contributed by atoms with van der Waals surface area (Å²) in [6.07, 6.45) is 9.37. The standard InChI is InChI=1S/C37H40N6O6.C33H32N6O6.C22H24N2O5/c1-20-24-11-12-27(26(24)10-9-25(20)36(48)49-37(2,3)4)41-35(47)29-16-28(39-19-40-29)34(46)38-17-21-7-8-22-13-14-43(18-23(22)15-21)31-30(42(5)6)32(44)33(31)45;1-17-21-8-9-24(23(21)7-6-22(17)33(44)45)37-32(43)26-13-25(35-16-36-26)31(42)34-14-18-4-5-19-10-11-39(15-20(19)12-18)28-27(38(2)3)29(40)30(28)41;1-12-14-6-5-13(9-19(25)17-10-18(20(26)27)24-11-23-17)16(14)8-7-15(12)21(28)29-22(2,3)4/h7-10,15-16,19,27H,11-14,17-18H2,1-6H3,(H,38,46)(H,41,47);4-7,12-13,16,24H,8-11,14-15H2,1-3H3,(H,34,42)(H,37,43)(H,44,45);7-8,10-11,13H,5-6,9H2,1-4H3,(H,26,27)/t27-;24-;13-/m001/s1. The molecule has 0 bridgehead atoms. The first-order valence-electron chi connectivity index (χ1n) is 40.5. The van der Waals surface area contributed by atoms with Gasteiger partial charge in [-0.25, -0.2) is 49.1 Å². The summed E-state index contributed by atoms with van der Waals surface area (Å²) in [4.78, 5) is 193. The second kappa shape index (κ2) is 35.4. The number of benzene rings is 5. The van der Waals surface area contributed by atoms with E-state index in [2.05, 4.69) is 51.2 Å². The summed E-state index contributed by atoms with van der Waals surface area (Å²) >= 11 is 0. The number of nitrogens with one attached hydrogen (secondary N) is 4. The minimum Gasteiger partial charge on any atom is -0.478 e. The zero-order chi connectivity index (χ0) is 88.5. The molecule has 2 aliphatic heterocycles. The highest BCUT2D eigenvalue weighted by atomic mass is 16.6. The first-order valence-corrected chi connectivity index (χ1v) is 40.5. The van der Waals surface area contributed by atoms with Gasteiger partial charge in [0, 0.05) is 92.1 Å². The van der Waals surface area contributed by atoms with Gasteiger partial charge in [-0.3, -0.25) is 43.2 Å². The van der Waals surface area contributed by atoms with Crippen LogP contribution >= 0.6 is 0 Å². The number of esters is 2. The Morgan fingerprint density at radius 2 is 0.805 bits per heavy atom. The van der Waals surface area contributed by atoms with Crippen LogP contribution in [0.3, 0.4) is 0 Å². The number of rotatable bonds is 21. The molecule has 0 unspecified atom stereocenters. The van der Waals surface area contributed by atoms with Gasteiger partial charge >= 0.3 is 23.9 Å². The Hall–Kier alpha value is -13.9. The molecule has 123 heavy (non-hydrogen) atoms. The van der Waals surface area contributed by atoms with E-state index in [0.29, 0.717) is 91.3 Å². The molecular weight excluding hydrogens is 1570 g/mol. The molecule has 10 aromatic rings. The molecule has 7 aromatic carbocycles. The molecular formula is C92H96N14O17. The smallest absolute Gasteiger partial charge is 0.354 e. The molecule has 5 heterocycles. The van der Waals surface area contributed by atoms with Crippen LogP contribution < -0.4 is 62.6 Å². The topological polar surface area (TPSA) is 419 Å². The van der Waals surface area contributed by atoms with Crippen molar-refractivity contribution in [2.45, 2.75) is 175 Å². The number of aromatic nitrogens is 6. The monoisotopic (exact) mass is 1670 g/mol. The van der Waals surface area contributed by atoms with Crippen molar-refractivity contribution in [3.63, 3.8) is 0 Å². The summed E-state index contributed by atoms with van der Waals surface area (Å²) in [7, 11) is 7.01. The Morgan fingerprint density at radius 1 is 0.431 bits per heavy atom. The van der Waals surface area contributed by atoms with Gasteiger partial charge in [-0.15, -0.1) is 0 Å². The third-order valence-corrected chi connectivity index (χ3v) is 22.9. The number of carbonyl (C=O) groups excluding carboxylic acids is 7. The molecule has 0 spiro atoms. The van der Waals surface area contributed by atoms with E-state index in [1.165, 1.54) is 30.9 Å². The van der Waals surface area contributed by atoms with Gasteiger partial charge in [-0.1, -0.05) is 54.6 Å². The Bertz CT molecular complexity index is 6120. The SMILES string of the molecule is Cc1c(C(=O)O)ccc2c1CC[C@@H]2NC(=O)c1cc(C(=O)NCc2ccc3c(c2)CN(c2c(N(C)C)c(=O)c2=O)CC3)ncn1.Cc1c(C(=O)OC(C)(C)C)ccc2c1CC[C@@H]2CC(=O)c1cc(C(=O)O)ncn1.Cc1c(C(=O)OC(C)(C)C)ccc2c1CC[C@@H]2NC(=O)c1cc(C(=O)NCc2ccc3c(c2)CN(c2c(N(C)C)c(=O)c2=O)CC3)ncn1. The lowest BCUT2D eigenvalue weighted by Crippen LogP contribution is -2.46. The minimum absolute atomic E-state index is 0.00660. The van der Waals surface area contributed by atoms with Crippen LogP contribution in [0.4, 0.5) is 22.7 Å². The van der Waals surface area contributed by atoms with Crippen LogP contribution in [0.25, 0.3) is 0 Å². The van der Waals surface area contributed by atoms with E-state index >= 15 is 0 Å². The Kier molecular flexibility index (Phi) is 25.1. The van der Waals surface area contributed by atoms with Crippen molar-refractivity contribution in [2.75, 3.05) is 60.9 Å². The van der Waals surface area contributed by atoms with Gasteiger partial charge in [0.15, 0.2) is 11.5 Å². The number of anilines is 4. The number of fused-ring (bicyclic) bond motifs is 5. The third-order valence-electron chi connectivity index (χ3n) is 22.9. The number of carboxylic acid groups (broad SMARTS) is 2. The van der Waals surface area contributed by atoms with Crippen molar-refractivity contribution >= 4 is 76.0 Å². The number of amides is 4. The van der Waals surface area contributed by atoms with Gasteiger partial charge < -0.3 is 60.6 Å². The van der Waals surface area contributed by atoms with Crippen molar-refractivity contribution in [1.29, 1.82) is 0 Å². The lowest BCUT2D eigenvalue weighted by atomic mass is 9.92. The van der Waals surface area contributed by atoms with E-state index in [0.717, 1.165) is 110 Å². The highest BCUT2D eigenvalue weighted by Gasteiger charge is 2.36. The number of nitrogens with zero attached hydrogens (tertiary/aromatic N) is 10. The number of carboxylic acids is 2. The van der Waals surface area contributed by atoms with Crippen LogP contribution in [0.2, 0.25) is 0 Å². The maximum atomic E-state index is 13.3. The zero-order valence-corrected chi connectivity index (χ0v) is 70.7. The van der Waals surface area contributed by atoms with Crippen molar-refractivity contribution in [1.82, 2.24) is 51.2 Å². The molecule has 5 aliphatic rings. The van der Waals surface area contributed by atoms with E-state index in [-0.39, 0.29) is 95.0 Å². The van der Waals surface area contributed by atoms with Gasteiger partial charge in [-0.05, 0) is 221 Å². The number of carbonyl (C=O) groups is 9. The van der Waals surface area contributed by atoms with Crippen molar-refractivity contribution in [3.8, 4) is 0 Å². The molecule has 0 saturated heterocycles. The fourth-order valence-corrected chi connectivity index (χ4v) is 16.7. The molecule has 3 atom stereocenters. The second-order valence-electron chi connectivity index (χ2n) is 33.8. The van der Waals surface area contributed by atoms with E-state index in [1.54, 1.807) is 69.2 Å². The number of ketones is 1.